The summed E-state index contributed by atoms with van der Waals surface area (Å²) in [5, 5.41) is 11.7. The molecule has 1 aromatic heterocycles. The van der Waals surface area contributed by atoms with E-state index in [1.54, 1.807) is 0 Å². The molecule has 0 atom stereocenters. The molecule has 1 aliphatic heterocycles. The van der Waals surface area contributed by atoms with Crippen molar-refractivity contribution in [1.82, 2.24) is 9.47 Å². The zero-order valence-corrected chi connectivity index (χ0v) is 9.34. The Morgan fingerprint density at radius 2 is 2.12 bits per heavy atom. The fourth-order valence-corrected chi connectivity index (χ4v) is 2.15. The van der Waals surface area contributed by atoms with Gasteiger partial charge in [-0.2, -0.15) is 0 Å². The Morgan fingerprint density at radius 1 is 1.38 bits per heavy atom. The van der Waals surface area contributed by atoms with Gasteiger partial charge >= 0.3 is 0 Å². The van der Waals surface area contributed by atoms with E-state index in [0.29, 0.717) is 0 Å². The topological polar surface area (TPSA) is 66.8 Å². The van der Waals surface area contributed by atoms with Crippen molar-refractivity contribution in [2.75, 3.05) is 19.6 Å². The Kier molecular flexibility index (Phi) is 3.46. The van der Waals surface area contributed by atoms with Gasteiger partial charge in [0.1, 0.15) is 0 Å². The maximum absolute atomic E-state index is 8.65. The van der Waals surface area contributed by atoms with Crippen molar-refractivity contribution < 1.29 is 5.21 Å². The van der Waals surface area contributed by atoms with E-state index in [4.69, 9.17) is 10.9 Å². The first-order chi connectivity index (χ1) is 7.81. The molecule has 0 bridgehead atoms. The number of hydrogen-bond acceptors (Lipinski definition) is 3. The van der Waals surface area contributed by atoms with Crippen molar-refractivity contribution in [3.63, 3.8) is 0 Å². The molecule has 0 aromatic carbocycles. The predicted octanol–water partition coefficient (Wildman–Crippen LogP) is 0.678. The van der Waals surface area contributed by atoms with Gasteiger partial charge in [-0.25, -0.2) is 0 Å². The Hall–Kier alpha value is -1.49. The summed E-state index contributed by atoms with van der Waals surface area (Å²) in [5.41, 5.74) is 6.37. The number of rotatable bonds is 4. The zero-order chi connectivity index (χ0) is 11.4. The minimum Gasteiger partial charge on any atom is -0.409 e. The van der Waals surface area contributed by atoms with E-state index in [1.165, 1.54) is 25.9 Å². The maximum Gasteiger partial charge on any atom is 0.186 e. The molecule has 1 fully saturated rings. The van der Waals surface area contributed by atoms with Crippen LogP contribution in [-0.4, -0.2) is 40.1 Å². The molecule has 0 spiro atoms. The van der Waals surface area contributed by atoms with Crippen LogP contribution in [0.2, 0.25) is 0 Å². The molecular formula is C11H18N4O. The number of amidine groups is 1. The number of oxime groups is 1. The molecule has 0 radical (unpaired) electrons. The van der Waals surface area contributed by atoms with E-state index in [-0.39, 0.29) is 5.84 Å². The highest BCUT2D eigenvalue weighted by atomic mass is 16.4. The Morgan fingerprint density at radius 3 is 2.81 bits per heavy atom. The van der Waals surface area contributed by atoms with E-state index in [2.05, 4.69) is 10.1 Å². The lowest BCUT2D eigenvalue weighted by molar-refractivity contribution is 0.315. The molecular weight excluding hydrogens is 204 g/mol. The molecule has 16 heavy (non-hydrogen) atoms. The summed E-state index contributed by atoms with van der Waals surface area (Å²) in [4.78, 5) is 2.44. The van der Waals surface area contributed by atoms with Crippen molar-refractivity contribution in [2.45, 2.75) is 19.4 Å². The monoisotopic (exact) mass is 222 g/mol. The molecule has 88 valence electrons. The van der Waals surface area contributed by atoms with Gasteiger partial charge in [-0.15, -0.1) is 0 Å². The predicted molar refractivity (Wildman–Crippen MR) is 62.6 cm³/mol. The van der Waals surface area contributed by atoms with Crippen molar-refractivity contribution in [3.8, 4) is 0 Å². The molecule has 2 heterocycles. The van der Waals surface area contributed by atoms with Gasteiger partial charge in [0.25, 0.3) is 0 Å². The highest BCUT2D eigenvalue weighted by Crippen LogP contribution is 2.08. The summed E-state index contributed by atoms with van der Waals surface area (Å²) < 4.78 is 2.02. The van der Waals surface area contributed by atoms with Crippen molar-refractivity contribution in [1.29, 1.82) is 0 Å². The van der Waals surface area contributed by atoms with E-state index in [1.807, 2.05) is 22.9 Å². The lowest BCUT2D eigenvalue weighted by Crippen LogP contribution is -2.26. The van der Waals surface area contributed by atoms with E-state index in [9.17, 15) is 0 Å². The summed E-state index contributed by atoms with van der Waals surface area (Å²) in [6.45, 7) is 4.30. The molecule has 5 nitrogen and oxygen atoms in total. The lowest BCUT2D eigenvalue weighted by Gasteiger charge is -2.16. The summed E-state index contributed by atoms with van der Waals surface area (Å²) in [5.74, 6) is 0.173. The van der Waals surface area contributed by atoms with Crippen LogP contribution in [0.3, 0.4) is 0 Å². The second-order valence-electron chi connectivity index (χ2n) is 4.12. The van der Waals surface area contributed by atoms with Crippen LogP contribution < -0.4 is 5.73 Å². The summed E-state index contributed by atoms with van der Waals surface area (Å²) in [6.07, 6.45) is 4.57. The van der Waals surface area contributed by atoms with Crippen molar-refractivity contribution >= 4 is 5.84 Å². The lowest BCUT2D eigenvalue weighted by atomic mass is 10.4. The van der Waals surface area contributed by atoms with E-state index in [0.717, 1.165) is 18.8 Å². The minimum absolute atomic E-state index is 0.173. The average Bonchev–Trinajstić information content (AvgIpc) is 2.96. The van der Waals surface area contributed by atoms with E-state index >= 15 is 0 Å². The number of aromatic nitrogens is 1. The highest BCUT2D eigenvalue weighted by Gasteiger charge is 2.12. The zero-order valence-electron chi connectivity index (χ0n) is 9.34. The molecule has 3 N–H and O–H groups in total. The van der Waals surface area contributed by atoms with Crippen LogP contribution in [0.4, 0.5) is 0 Å². The molecule has 0 aliphatic carbocycles. The van der Waals surface area contributed by atoms with Crippen LogP contribution in [-0.2, 0) is 6.54 Å². The molecule has 1 aliphatic rings. The molecule has 1 saturated heterocycles. The largest absolute Gasteiger partial charge is 0.409 e. The number of hydrogen-bond donors (Lipinski definition) is 2. The van der Waals surface area contributed by atoms with Crippen LogP contribution in [0, 0.1) is 0 Å². The van der Waals surface area contributed by atoms with Gasteiger partial charge in [0.15, 0.2) is 5.84 Å². The number of nitrogens with zero attached hydrogens (tertiary/aromatic N) is 3. The standard InChI is InChI=1S/C11H18N4O/c12-11(13-16)10-4-3-7-15(10)9-8-14-5-1-2-6-14/h3-4,7,16H,1-2,5-6,8-9H2,(H2,12,13). The van der Waals surface area contributed by atoms with Crippen molar-refractivity contribution in [3.05, 3.63) is 24.0 Å². The first-order valence-electron chi connectivity index (χ1n) is 5.66. The van der Waals surface area contributed by atoms with Crippen molar-refractivity contribution in [2.24, 2.45) is 10.9 Å². The molecule has 0 amide bonds. The molecule has 1 aromatic rings. The minimum atomic E-state index is 0.173. The smallest absolute Gasteiger partial charge is 0.186 e. The molecule has 0 unspecified atom stereocenters. The Bertz CT molecular complexity index is 366. The third-order valence-corrected chi connectivity index (χ3v) is 3.06. The number of likely N-dealkylation sites (tertiary alicyclic amines) is 1. The fourth-order valence-electron chi connectivity index (χ4n) is 2.15. The van der Waals surface area contributed by atoms with Crippen LogP contribution in [0.5, 0.6) is 0 Å². The Labute approximate surface area is 95.1 Å². The van der Waals surface area contributed by atoms with Crippen LogP contribution >= 0.6 is 0 Å². The van der Waals surface area contributed by atoms with Crippen LogP contribution in [0.15, 0.2) is 23.5 Å². The van der Waals surface area contributed by atoms with Gasteiger partial charge < -0.3 is 20.4 Å². The first-order valence-corrected chi connectivity index (χ1v) is 5.66. The number of nitrogens with two attached hydrogens (primary N) is 1. The highest BCUT2D eigenvalue weighted by molar-refractivity contribution is 5.95. The first kappa shape index (κ1) is 11.0. The van der Waals surface area contributed by atoms with Crippen LogP contribution in [0.1, 0.15) is 18.5 Å². The van der Waals surface area contributed by atoms with Gasteiger partial charge in [0, 0.05) is 19.3 Å². The summed E-state index contributed by atoms with van der Waals surface area (Å²) in [6, 6.07) is 3.77. The average molecular weight is 222 g/mol. The molecule has 5 heteroatoms. The summed E-state index contributed by atoms with van der Waals surface area (Å²) in [7, 11) is 0. The maximum atomic E-state index is 8.65. The molecule has 2 rings (SSSR count). The third-order valence-electron chi connectivity index (χ3n) is 3.06. The second kappa shape index (κ2) is 5.03. The fraction of sp³-hybridized carbons (Fsp3) is 0.545. The van der Waals surface area contributed by atoms with E-state index < -0.39 is 0 Å². The van der Waals surface area contributed by atoms with Gasteiger partial charge in [-0.05, 0) is 38.1 Å². The Balaban J connectivity index is 1.96. The van der Waals surface area contributed by atoms with Gasteiger partial charge in [0.05, 0.1) is 5.69 Å². The third kappa shape index (κ3) is 2.36. The normalized spacial score (nSPS) is 18.1. The SMILES string of the molecule is N/C(=N/O)c1cccn1CCN1CCCC1. The summed E-state index contributed by atoms with van der Waals surface area (Å²) >= 11 is 0. The second-order valence-corrected chi connectivity index (χ2v) is 4.12. The quantitative estimate of drug-likeness (QED) is 0.341. The molecule has 0 saturated carbocycles. The van der Waals surface area contributed by atoms with Gasteiger partial charge in [-0.1, -0.05) is 5.16 Å². The van der Waals surface area contributed by atoms with Gasteiger partial charge in [-0.3, -0.25) is 0 Å². The van der Waals surface area contributed by atoms with Crippen LogP contribution in [0.25, 0.3) is 0 Å². The van der Waals surface area contributed by atoms with Gasteiger partial charge in [0.2, 0.25) is 0 Å².